The summed E-state index contributed by atoms with van der Waals surface area (Å²) in [6.45, 7) is 2.12. The van der Waals surface area contributed by atoms with Crippen LogP contribution in [0.3, 0.4) is 0 Å². The van der Waals surface area contributed by atoms with Gasteiger partial charge in [-0.25, -0.2) is 4.79 Å². The molecule has 0 N–H and O–H groups in total. The predicted molar refractivity (Wildman–Crippen MR) is 89.6 cm³/mol. The lowest BCUT2D eigenvalue weighted by atomic mass is 10.1. The molecule has 0 spiro atoms. The van der Waals surface area contributed by atoms with E-state index in [1.165, 1.54) is 6.08 Å². The molecule has 23 heavy (non-hydrogen) atoms. The zero-order valence-corrected chi connectivity index (χ0v) is 13.5. The lowest BCUT2D eigenvalue weighted by molar-refractivity contribution is -0.138. The number of ether oxygens (including phenoxy) is 3. The highest BCUT2D eigenvalue weighted by Crippen LogP contribution is 2.30. The van der Waals surface area contributed by atoms with E-state index in [9.17, 15) is 4.79 Å². The summed E-state index contributed by atoms with van der Waals surface area (Å²) in [5.74, 6) is 0.885. The van der Waals surface area contributed by atoms with Crippen molar-refractivity contribution in [3.8, 4) is 11.5 Å². The van der Waals surface area contributed by atoms with Crippen LogP contribution in [-0.2, 0) is 16.1 Å². The van der Waals surface area contributed by atoms with Crippen LogP contribution in [0.1, 0.15) is 16.7 Å². The van der Waals surface area contributed by atoms with Crippen molar-refractivity contribution >= 4 is 12.0 Å². The molecule has 0 unspecified atom stereocenters. The fourth-order valence-corrected chi connectivity index (χ4v) is 2.10. The van der Waals surface area contributed by atoms with Crippen LogP contribution in [0.5, 0.6) is 11.5 Å². The van der Waals surface area contributed by atoms with Gasteiger partial charge in [-0.1, -0.05) is 30.3 Å². The number of carbonyl (C=O) groups excluding carboxylic acids is 1. The minimum atomic E-state index is -0.386. The first-order valence-corrected chi connectivity index (χ1v) is 7.25. The number of esters is 1. The third-order valence-electron chi connectivity index (χ3n) is 3.42. The van der Waals surface area contributed by atoms with Crippen LogP contribution in [-0.4, -0.2) is 20.2 Å². The third-order valence-corrected chi connectivity index (χ3v) is 3.42. The van der Waals surface area contributed by atoms with Gasteiger partial charge in [0.25, 0.3) is 0 Å². The highest BCUT2D eigenvalue weighted by atomic mass is 16.5. The van der Waals surface area contributed by atoms with E-state index in [0.717, 1.165) is 16.7 Å². The van der Waals surface area contributed by atoms with Crippen molar-refractivity contribution in [1.82, 2.24) is 0 Å². The number of carbonyl (C=O) groups is 1. The molecule has 0 saturated heterocycles. The van der Waals surface area contributed by atoms with Gasteiger partial charge in [0.1, 0.15) is 6.61 Å². The lowest BCUT2D eigenvalue weighted by Crippen LogP contribution is -2.03. The van der Waals surface area contributed by atoms with Crippen LogP contribution in [0.4, 0.5) is 0 Å². The zero-order valence-electron chi connectivity index (χ0n) is 13.5. The fraction of sp³-hybridized carbons (Fsp3) is 0.211. The topological polar surface area (TPSA) is 44.8 Å². The molecule has 0 bridgehead atoms. The Labute approximate surface area is 136 Å². The summed E-state index contributed by atoms with van der Waals surface area (Å²) < 4.78 is 15.8. The monoisotopic (exact) mass is 312 g/mol. The molecular formula is C19H20O4. The van der Waals surface area contributed by atoms with Gasteiger partial charge in [0.05, 0.1) is 14.2 Å². The van der Waals surface area contributed by atoms with Gasteiger partial charge in [0.2, 0.25) is 0 Å². The Morgan fingerprint density at radius 2 is 1.70 bits per heavy atom. The molecule has 2 aromatic rings. The van der Waals surface area contributed by atoms with Crippen LogP contribution >= 0.6 is 0 Å². The van der Waals surface area contributed by atoms with Gasteiger partial charge < -0.3 is 14.2 Å². The third kappa shape index (κ3) is 4.61. The normalized spacial score (nSPS) is 10.6. The summed E-state index contributed by atoms with van der Waals surface area (Å²) in [5.41, 5.74) is 2.80. The first-order valence-electron chi connectivity index (χ1n) is 7.25. The van der Waals surface area contributed by atoms with Crippen molar-refractivity contribution in [1.29, 1.82) is 0 Å². The van der Waals surface area contributed by atoms with Crippen LogP contribution in [0.15, 0.2) is 48.5 Å². The summed E-state index contributed by atoms with van der Waals surface area (Å²) in [6.07, 6.45) is 3.15. The van der Waals surface area contributed by atoms with E-state index in [4.69, 9.17) is 14.2 Å². The molecule has 2 aromatic carbocycles. The maximum atomic E-state index is 11.8. The van der Waals surface area contributed by atoms with Crippen molar-refractivity contribution in [2.75, 3.05) is 14.2 Å². The highest BCUT2D eigenvalue weighted by molar-refractivity contribution is 5.87. The van der Waals surface area contributed by atoms with Crippen LogP contribution in [0.2, 0.25) is 0 Å². The van der Waals surface area contributed by atoms with Crippen LogP contribution < -0.4 is 9.47 Å². The van der Waals surface area contributed by atoms with E-state index in [1.54, 1.807) is 20.3 Å². The quantitative estimate of drug-likeness (QED) is 0.601. The van der Waals surface area contributed by atoms with Crippen molar-refractivity contribution in [3.05, 3.63) is 65.2 Å². The van der Waals surface area contributed by atoms with Crippen LogP contribution in [0, 0.1) is 6.92 Å². The molecule has 0 aliphatic heterocycles. The highest BCUT2D eigenvalue weighted by Gasteiger charge is 2.09. The Bertz CT molecular complexity index is 690. The van der Waals surface area contributed by atoms with E-state index < -0.39 is 0 Å². The number of aryl methyl sites for hydroxylation is 1. The molecule has 0 saturated carbocycles. The Kier molecular flexibility index (Phi) is 5.80. The van der Waals surface area contributed by atoms with E-state index in [-0.39, 0.29) is 12.6 Å². The molecule has 4 heteroatoms. The molecule has 120 valence electrons. The number of hydrogen-bond acceptors (Lipinski definition) is 4. The molecule has 0 radical (unpaired) electrons. The van der Waals surface area contributed by atoms with Crippen molar-refractivity contribution in [3.63, 3.8) is 0 Å². The van der Waals surface area contributed by atoms with E-state index in [2.05, 4.69) is 0 Å². The summed E-state index contributed by atoms with van der Waals surface area (Å²) in [5, 5.41) is 0. The second-order valence-corrected chi connectivity index (χ2v) is 4.99. The molecule has 0 heterocycles. The predicted octanol–water partition coefficient (Wildman–Crippen LogP) is 3.77. The fourth-order valence-electron chi connectivity index (χ4n) is 2.10. The van der Waals surface area contributed by atoms with Gasteiger partial charge in [0.15, 0.2) is 11.5 Å². The maximum absolute atomic E-state index is 11.8. The van der Waals surface area contributed by atoms with Crippen molar-refractivity contribution in [2.45, 2.75) is 13.5 Å². The average molecular weight is 312 g/mol. The van der Waals surface area contributed by atoms with Gasteiger partial charge in [-0.05, 0) is 41.8 Å². The standard InChI is InChI=1S/C19H20O4/c1-14-11-17(21-2)18(22-3)12-16(14)13-23-19(20)10-9-15-7-5-4-6-8-15/h4-12H,13H2,1-3H3/b10-9+. The summed E-state index contributed by atoms with van der Waals surface area (Å²) in [4.78, 5) is 11.8. The molecule has 2 rings (SSSR count). The number of hydrogen-bond donors (Lipinski definition) is 0. The van der Waals surface area contributed by atoms with Gasteiger partial charge >= 0.3 is 5.97 Å². The molecule has 0 aliphatic rings. The SMILES string of the molecule is COc1cc(C)c(COC(=O)/C=C/c2ccccc2)cc1OC. The summed E-state index contributed by atoms with van der Waals surface area (Å²) in [7, 11) is 3.16. The molecule has 0 aromatic heterocycles. The number of rotatable bonds is 6. The van der Waals surface area contributed by atoms with Crippen molar-refractivity contribution < 1.29 is 19.0 Å². The van der Waals surface area contributed by atoms with Gasteiger partial charge in [-0.2, -0.15) is 0 Å². The second kappa shape index (κ2) is 8.03. The minimum absolute atomic E-state index is 0.185. The first-order chi connectivity index (χ1) is 11.1. The number of benzene rings is 2. The largest absolute Gasteiger partial charge is 0.493 e. The average Bonchev–Trinajstić information content (AvgIpc) is 2.59. The van der Waals surface area contributed by atoms with Crippen LogP contribution in [0.25, 0.3) is 6.08 Å². The summed E-state index contributed by atoms with van der Waals surface area (Å²) >= 11 is 0. The molecule has 0 aliphatic carbocycles. The van der Waals surface area contributed by atoms with Crippen molar-refractivity contribution in [2.24, 2.45) is 0 Å². The first kappa shape index (κ1) is 16.6. The molecular weight excluding hydrogens is 292 g/mol. The molecule has 0 amide bonds. The van der Waals surface area contributed by atoms with Gasteiger partial charge in [0, 0.05) is 6.08 Å². The lowest BCUT2D eigenvalue weighted by Gasteiger charge is -2.12. The van der Waals surface area contributed by atoms with E-state index in [0.29, 0.717) is 11.5 Å². The van der Waals surface area contributed by atoms with Gasteiger partial charge in [-0.15, -0.1) is 0 Å². The van der Waals surface area contributed by atoms with E-state index >= 15 is 0 Å². The molecule has 4 nitrogen and oxygen atoms in total. The number of methoxy groups -OCH3 is 2. The van der Waals surface area contributed by atoms with Gasteiger partial charge in [-0.3, -0.25) is 0 Å². The minimum Gasteiger partial charge on any atom is -0.493 e. The van der Waals surface area contributed by atoms with E-state index in [1.807, 2.05) is 49.4 Å². The molecule has 0 atom stereocenters. The Hall–Kier alpha value is -2.75. The Morgan fingerprint density at radius 3 is 2.35 bits per heavy atom. The maximum Gasteiger partial charge on any atom is 0.331 e. The molecule has 0 fully saturated rings. The summed E-state index contributed by atoms with van der Waals surface area (Å²) in [6, 6.07) is 13.3. The zero-order chi connectivity index (χ0) is 16.7. The Balaban J connectivity index is 2.00. The Morgan fingerprint density at radius 1 is 1.04 bits per heavy atom. The second-order valence-electron chi connectivity index (χ2n) is 4.99. The smallest absolute Gasteiger partial charge is 0.331 e.